The molecule has 0 aromatic heterocycles. The fourth-order valence-electron chi connectivity index (χ4n) is 4.03. The lowest BCUT2D eigenvalue weighted by atomic mass is 10.1. The van der Waals surface area contributed by atoms with Crippen LogP contribution in [0.25, 0.3) is 0 Å². The quantitative estimate of drug-likeness (QED) is 0.342. The van der Waals surface area contributed by atoms with Crippen LogP contribution in [0.4, 0.5) is 5.69 Å². The Bertz CT molecular complexity index is 1320. The van der Waals surface area contributed by atoms with Gasteiger partial charge in [0.15, 0.2) is 0 Å². The number of anilines is 1. The largest absolute Gasteiger partial charge is 0.497 e. The molecule has 2 atom stereocenters. The van der Waals surface area contributed by atoms with E-state index in [0.717, 1.165) is 16.3 Å². The number of hydrogen-bond acceptors (Lipinski definition) is 5. The molecule has 3 aromatic carbocycles. The lowest BCUT2D eigenvalue weighted by Gasteiger charge is -2.32. The molecule has 0 radical (unpaired) electrons. The van der Waals surface area contributed by atoms with Crippen LogP contribution in [0.1, 0.15) is 32.8 Å². The molecule has 0 spiro atoms. The summed E-state index contributed by atoms with van der Waals surface area (Å²) in [5.74, 6) is -0.206. The fraction of sp³-hybridized carbons (Fsp3) is 0.333. The monoisotopic (exact) mass is 551 g/mol. The van der Waals surface area contributed by atoms with Crippen LogP contribution in [0.2, 0.25) is 0 Å². The van der Waals surface area contributed by atoms with E-state index < -0.39 is 28.5 Å². The van der Waals surface area contributed by atoms with Crippen molar-refractivity contribution in [2.45, 2.75) is 50.6 Å². The van der Waals surface area contributed by atoms with Crippen molar-refractivity contribution in [1.29, 1.82) is 0 Å². The first kappa shape index (κ1) is 29.7. The van der Waals surface area contributed by atoms with E-state index in [2.05, 4.69) is 5.32 Å². The Kier molecular flexibility index (Phi) is 10.5. The summed E-state index contributed by atoms with van der Waals surface area (Å²) in [5, 5.41) is 2.94. The van der Waals surface area contributed by atoms with Gasteiger partial charge in [0, 0.05) is 12.6 Å². The Morgan fingerprint density at radius 3 is 2.05 bits per heavy atom. The number of methoxy groups -OCH3 is 1. The molecule has 0 heterocycles. The van der Waals surface area contributed by atoms with Gasteiger partial charge >= 0.3 is 0 Å². The van der Waals surface area contributed by atoms with Crippen molar-refractivity contribution in [3.05, 3.63) is 90.5 Å². The third kappa shape index (κ3) is 7.83. The molecule has 208 valence electrons. The van der Waals surface area contributed by atoms with Crippen LogP contribution in [-0.2, 0) is 26.0 Å². The molecular formula is C30H37N3O5S. The molecule has 3 rings (SSSR count). The van der Waals surface area contributed by atoms with Crippen molar-refractivity contribution >= 4 is 27.5 Å². The predicted octanol–water partition coefficient (Wildman–Crippen LogP) is 4.27. The van der Waals surface area contributed by atoms with Crippen LogP contribution in [0.5, 0.6) is 5.75 Å². The lowest BCUT2D eigenvalue weighted by molar-refractivity contribution is -0.139. The van der Waals surface area contributed by atoms with Gasteiger partial charge in [-0.05, 0) is 68.7 Å². The van der Waals surface area contributed by atoms with Gasteiger partial charge in [-0.1, -0.05) is 55.5 Å². The molecule has 0 fully saturated rings. The molecule has 1 N–H and O–H groups in total. The zero-order valence-electron chi connectivity index (χ0n) is 22.9. The van der Waals surface area contributed by atoms with E-state index in [1.807, 2.05) is 44.2 Å². The van der Waals surface area contributed by atoms with Gasteiger partial charge < -0.3 is 15.0 Å². The predicted molar refractivity (Wildman–Crippen MR) is 153 cm³/mol. The third-order valence-corrected chi connectivity index (χ3v) is 8.41. The summed E-state index contributed by atoms with van der Waals surface area (Å²) in [6, 6.07) is 23.3. The highest BCUT2D eigenvalue weighted by molar-refractivity contribution is 7.92. The van der Waals surface area contributed by atoms with E-state index in [9.17, 15) is 18.0 Å². The van der Waals surface area contributed by atoms with Gasteiger partial charge in [-0.25, -0.2) is 8.42 Å². The standard InChI is InChI=1S/C30H37N3O5S/c1-5-23(2)31-30(35)24(3)32(21-20-25-12-8-6-9-13-25)29(34)22-33(26-16-18-27(38-4)19-17-26)39(36,37)28-14-10-7-11-15-28/h6-19,23-24H,5,20-22H2,1-4H3,(H,31,35)/t23-,24-/m1/s1. The van der Waals surface area contributed by atoms with Crippen LogP contribution in [0.15, 0.2) is 89.8 Å². The first-order chi connectivity index (χ1) is 18.7. The minimum atomic E-state index is -4.09. The molecule has 0 aliphatic heterocycles. The molecule has 3 aromatic rings. The van der Waals surface area contributed by atoms with E-state index in [-0.39, 0.29) is 23.4 Å². The molecule has 0 unspecified atom stereocenters. The van der Waals surface area contributed by atoms with Gasteiger partial charge in [-0.2, -0.15) is 0 Å². The van der Waals surface area contributed by atoms with Crippen LogP contribution in [0.3, 0.4) is 0 Å². The fourth-order valence-corrected chi connectivity index (χ4v) is 5.47. The topological polar surface area (TPSA) is 96.0 Å². The molecule has 0 saturated carbocycles. The van der Waals surface area contributed by atoms with E-state index in [1.54, 1.807) is 49.4 Å². The SMILES string of the molecule is CC[C@@H](C)NC(=O)[C@@H](C)N(CCc1ccccc1)C(=O)CN(c1ccc(OC)cc1)S(=O)(=O)c1ccccc1. The van der Waals surface area contributed by atoms with Gasteiger partial charge in [0.1, 0.15) is 18.3 Å². The highest BCUT2D eigenvalue weighted by Crippen LogP contribution is 2.26. The van der Waals surface area contributed by atoms with Crippen molar-refractivity contribution < 1.29 is 22.7 Å². The molecule has 0 aliphatic carbocycles. The molecule has 9 heteroatoms. The third-order valence-electron chi connectivity index (χ3n) is 6.62. The highest BCUT2D eigenvalue weighted by atomic mass is 32.2. The Balaban J connectivity index is 1.96. The maximum absolute atomic E-state index is 13.9. The van der Waals surface area contributed by atoms with Gasteiger partial charge in [0.2, 0.25) is 11.8 Å². The van der Waals surface area contributed by atoms with Gasteiger partial charge in [0.25, 0.3) is 10.0 Å². The van der Waals surface area contributed by atoms with Gasteiger partial charge in [-0.3, -0.25) is 13.9 Å². The molecule has 0 bridgehead atoms. The maximum atomic E-state index is 13.9. The zero-order valence-corrected chi connectivity index (χ0v) is 23.7. The van der Waals surface area contributed by atoms with E-state index >= 15 is 0 Å². The number of nitrogens with one attached hydrogen (secondary N) is 1. The van der Waals surface area contributed by atoms with Crippen molar-refractivity contribution in [2.24, 2.45) is 0 Å². The smallest absolute Gasteiger partial charge is 0.264 e. The Labute approximate surface area is 231 Å². The number of amides is 2. The van der Waals surface area contributed by atoms with Gasteiger partial charge in [-0.15, -0.1) is 0 Å². The summed E-state index contributed by atoms with van der Waals surface area (Å²) in [7, 11) is -2.57. The summed E-state index contributed by atoms with van der Waals surface area (Å²) in [5.41, 5.74) is 1.32. The summed E-state index contributed by atoms with van der Waals surface area (Å²) >= 11 is 0. The van der Waals surface area contributed by atoms with E-state index in [0.29, 0.717) is 17.9 Å². The van der Waals surface area contributed by atoms with Crippen molar-refractivity contribution in [2.75, 3.05) is 24.5 Å². The molecule has 0 saturated heterocycles. The Morgan fingerprint density at radius 1 is 0.897 bits per heavy atom. The first-order valence-electron chi connectivity index (χ1n) is 13.0. The molecule has 39 heavy (non-hydrogen) atoms. The number of rotatable bonds is 13. The minimum absolute atomic E-state index is 0.0553. The number of benzene rings is 3. The second kappa shape index (κ2) is 13.8. The van der Waals surface area contributed by atoms with Crippen LogP contribution >= 0.6 is 0 Å². The van der Waals surface area contributed by atoms with Crippen LogP contribution in [-0.4, -0.2) is 57.4 Å². The molecule has 2 amide bonds. The maximum Gasteiger partial charge on any atom is 0.264 e. The number of hydrogen-bond donors (Lipinski definition) is 1. The second-order valence-electron chi connectivity index (χ2n) is 9.34. The van der Waals surface area contributed by atoms with Crippen LogP contribution < -0.4 is 14.4 Å². The van der Waals surface area contributed by atoms with Crippen LogP contribution in [0, 0.1) is 0 Å². The van der Waals surface area contributed by atoms with Crippen molar-refractivity contribution in [3.8, 4) is 5.75 Å². The summed E-state index contributed by atoms with van der Waals surface area (Å²) in [6.45, 7) is 5.32. The van der Waals surface area contributed by atoms with Gasteiger partial charge in [0.05, 0.1) is 17.7 Å². The number of carbonyl (C=O) groups excluding carboxylic acids is 2. The minimum Gasteiger partial charge on any atom is -0.497 e. The summed E-state index contributed by atoms with van der Waals surface area (Å²) in [4.78, 5) is 28.5. The summed E-state index contributed by atoms with van der Waals surface area (Å²) in [6.07, 6.45) is 1.26. The average molecular weight is 552 g/mol. The first-order valence-corrected chi connectivity index (χ1v) is 14.5. The van der Waals surface area contributed by atoms with E-state index in [4.69, 9.17) is 4.74 Å². The zero-order chi connectivity index (χ0) is 28.4. The summed E-state index contributed by atoms with van der Waals surface area (Å²) < 4.78 is 33.8. The molecule has 0 aliphatic rings. The average Bonchev–Trinajstić information content (AvgIpc) is 2.96. The normalized spacial score (nSPS) is 12.7. The van der Waals surface area contributed by atoms with Crippen molar-refractivity contribution in [3.63, 3.8) is 0 Å². The number of sulfonamides is 1. The highest BCUT2D eigenvalue weighted by Gasteiger charge is 2.32. The lowest BCUT2D eigenvalue weighted by Crippen LogP contribution is -2.53. The number of nitrogens with zero attached hydrogens (tertiary/aromatic N) is 2. The van der Waals surface area contributed by atoms with E-state index in [1.165, 1.54) is 24.1 Å². The molecular weight excluding hydrogens is 514 g/mol. The Morgan fingerprint density at radius 2 is 1.49 bits per heavy atom. The van der Waals surface area contributed by atoms with Crippen molar-refractivity contribution in [1.82, 2.24) is 10.2 Å². The number of carbonyl (C=O) groups is 2. The molecule has 8 nitrogen and oxygen atoms in total. The Hall–Kier alpha value is -3.85. The second-order valence-corrected chi connectivity index (χ2v) is 11.2. The number of ether oxygens (including phenoxy) is 1.